The van der Waals surface area contributed by atoms with Gasteiger partial charge in [0, 0.05) is 18.9 Å². The monoisotopic (exact) mass is 363 g/mol. The summed E-state index contributed by atoms with van der Waals surface area (Å²) in [4.78, 5) is 27.2. The minimum Gasteiger partial charge on any atom is -0.459 e. The molecule has 27 heavy (non-hydrogen) atoms. The van der Waals surface area contributed by atoms with E-state index in [1.165, 1.54) is 0 Å². The maximum atomic E-state index is 13.2. The quantitative estimate of drug-likeness (QED) is 0.657. The summed E-state index contributed by atoms with van der Waals surface area (Å²) in [5, 5.41) is 0.990. The Morgan fingerprint density at radius 3 is 2.63 bits per heavy atom. The third-order valence-corrected chi connectivity index (χ3v) is 5.29. The van der Waals surface area contributed by atoms with E-state index >= 15 is 0 Å². The van der Waals surface area contributed by atoms with Crippen molar-refractivity contribution >= 4 is 22.8 Å². The van der Waals surface area contributed by atoms with E-state index in [2.05, 4.69) is 0 Å². The first-order valence-corrected chi connectivity index (χ1v) is 8.96. The van der Waals surface area contributed by atoms with Crippen LogP contribution in [0.5, 0.6) is 0 Å². The molecule has 1 aliphatic rings. The van der Waals surface area contributed by atoms with Gasteiger partial charge in [-0.2, -0.15) is 0 Å². The van der Waals surface area contributed by atoms with E-state index in [0.717, 1.165) is 16.5 Å². The molecule has 1 aliphatic heterocycles. The van der Waals surface area contributed by atoms with Crippen molar-refractivity contribution in [2.45, 2.75) is 31.9 Å². The minimum absolute atomic E-state index is 0.252. The molecule has 3 aromatic rings. The molecule has 0 radical (unpaired) electrons. The average molecular weight is 363 g/mol. The molecule has 0 saturated carbocycles. The van der Waals surface area contributed by atoms with Crippen LogP contribution in [0.1, 0.15) is 41.6 Å². The number of likely N-dealkylation sites (N-methyl/N-ethyl adjacent to an activating group) is 1. The first kappa shape index (κ1) is 17.3. The van der Waals surface area contributed by atoms with Crippen LogP contribution >= 0.6 is 0 Å². The van der Waals surface area contributed by atoms with E-state index in [1.54, 1.807) is 31.0 Å². The third kappa shape index (κ3) is 2.89. The van der Waals surface area contributed by atoms with Gasteiger partial charge in [-0.3, -0.25) is 4.79 Å². The first-order valence-electron chi connectivity index (χ1n) is 8.96. The zero-order valence-corrected chi connectivity index (χ0v) is 15.6. The number of rotatable bonds is 3. The molecule has 2 aromatic carbocycles. The van der Waals surface area contributed by atoms with Gasteiger partial charge in [0.2, 0.25) is 0 Å². The number of esters is 1. The number of benzene rings is 2. The summed E-state index contributed by atoms with van der Waals surface area (Å²) >= 11 is 0. The molecule has 5 nitrogen and oxygen atoms in total. The van der Waals surface area contributed by atoms with Crippen molar-refractivity contribution < 1.29 is 18.7 Å². The van der Waals surface area contributed by atoms with Crippen LogP contribution in [-0.2, 0) is 16.0 Å². The van der Waals surface area contributed by atoms with Gasteiger partial charge in [0.25, 0.3) is 5.91 Å². The lowest BCUT2D eigenvalue weighted by Crippen LogP contribution is -2.52. The largest absolute Gasteiger partial charge is 0.459 e. The molecular formula is C22H21NO4. The number of hydrogen-bond donors (Lipinski definition) is 0. The van der Waals surface area contributed by atoms with Crippen molar-refractivity contribution in [2.24, 2.45) is 0 Å². The second-order valence-electron chi connectivity index (χ2n) is 7.23. The summed E-state index contributed by atoms with van der Waals surface area (Å²) in [6.07, 6.45) is 0.352. The van der Waals surface area contributed by atoms with Crippen LogP contribution in [0.25, 0.3) is 11.0 Å². The Kier molecular flexibility index (Phi) is 4.02. The molecule has 0 aliphatic carbocycles. The van der Waals surface area contributed by atoms with E-state index in [4.69, 9.17) is 9.15 Å². The number of ether oxygens (including phenoxy) is 1. The van der Waals surface area contributed by atoms with Crippen molar-refractivity contribution in [2.75, 3.05) is 7.05 Å². The molecular weight excluding hydrogens is 342 g/mol. The van der Waals surface area contributed by atoms with Gasteiger partial charge in [0.1, 0.15) is 11.3 Å². The molecule has 2 heterocycles. The van der Waals surface area contributed by atoms with Gasteiger partial charge < -0.3 is 14.1 Å². The zero-order chi connectivity index (χ0) is 19.2. The van der Waals surface area contributed by atoms with E-state index in [-0.39, 0.29) is 11.9 Å². The highest BCUT2D eigenvalue weighted by molar-refractivity contribution is 5.97. The molecule has 0 saturated heterocycles. The van der Waals surface area contributed by atoms with Crippen molar-refractivity contribution in [3.8, 4) is 0 Å². The van der Waals surface area contributed by atoms with Crippen molar-refractivity contribution in [3.63, 3.8) is 0 Å². The molecule has 2 atom stereocenters. The number of para-hydroxylation sites is 1. The van der Waals surface area contributed by atoms with Gasteiger partial charge in [0.05, 0.1) is 11.6 Å². The van der Waals surface area contributed by atoms with Gasteiger partial charge in [-0.05, 0) is 37.6 Å². The van der Waals surface area contributed by atoms with Crippen LogP contribution in [0, 0.1) is 0 Å². The number of nitrogens with zero attached hydrogens (tertiary/aromatic N) is 1. The molecule has 0 N–H and O–H groups in total. The van der Waals surface area contributed by atoms with Crippen LogP contribution in [0.15, 0.2) is 59.0 Å². The fourth-order valence-electron chi connectivity index (χ4n) is 3.60. The molecule has 0 spiro atoms. The molecule has 1 aromatic heterocycles. The van der Waals surface area contributed by atoms with E-state index in [9.17, 15) is 9.59 Å². The summed E-state index contributed by atoms with van der Waals surface area (Å²) in [5.74, 6) is -0.0195. The zero-order valence-electron chi connectivity index (χ0n) is 15.6. The highest BCUT2D eigenvalue weighted by Crippen LogP contribution is 2.33. The summed E-state index contributed by atoms with van der Waals surface area (Å²) in [6, 6.07) is 16.6. The Labute approximate surface area is 157 Å². The number of furan rings is 1. The number of amides is 1. The lowest BCUT2D eigenvalue weighted by molar-refractivity contribution is -0.152. The standard InChI is InChI=1S/C22H21NO4/c1-14(19-12-15-8-5-7-11-18(15)26-19)23(3)21(25)22(2)13-16-9-4-6-10-17(16)20(24)27-22/h4-12,14H,13H2,1-3H3. The van der Waals surface area contributed by atoms with Gasteiger partial charge >= 0.3 is 5.97 Å². The van der Waals surface area contributed by atoms with Gasteiger partial charge in [-0.1, -0.05) is 36.4 Å². The lowest BCUT2D eigenvalue weighted by Gasteiger charge is -2.37. The Bertz CT molecular complexity index is 1000. The fraction of sp³-hybridized carbons (Fsp3) is 0.273. The predicted molar refractivity (Wildman–Crippen MR) is 101 cm³/mol. The van der Waals surface area contributed by atoms with Crippen LogP contribution in [-0.4, -0.2) is 29.4 Å². The molecule has 4 rings (SSSR count). The highest BCUT2D eigenvalue weighted by Gasteiger charge is 2.45. The number of carbonyl (C=O) groups excluding carboxylic acids is 2. The van der Waals surface area contributed by atoms with Crippen molar-refractivity contribution in [1.29, 1.82) is 0 Å². The Hall–Kier alpha value is -3.08. The Morgan fingerprint density at radius 1 is 1.15 bits per heavy atom. The second-order valence-corrected chi connectivity index (χ2v) is 7.23. The fourth-order valence-corrected chi connectivity index (χ4v) is 3.60. The van der Waals surface area contributed by atoms with Gasteiger partial charge in [-0.15, -0.1) is 0 Å². The van der Waals surface area contributed by atoms with Gasteiger partial charge in [0.15, 0.2) is 5.60 Å². The van der Waals surface area contributed by atoms with E-state index in [1.807, 2.05) is 49.4 Å². The summed E-state index contributed by atoms with van der Waals surface area (Å²) < 4.78 is 11.5. The van der Waals surface area contributed by atoms with E-state index in [0.29, 0.717) is 17.7 Å². The van der Waals surface area contributed by atoms with Crippen LogP contribution < -0.4 is 0 Å². The summed E-state index contributed by atoms with van der Waals surface area (Å²) in [7, 11) is 1.71. The number of fused-ring (bicyclic) bond motifs is 2. The third-order valence-electron chi connectivity index (χ3n) is 5.29. The topological polar surface area (TPSA) is 59.8 Å². The number of cyclic esters (lactones) is 1. The molecule has 1 amide bonds. The SMILES string of the molecule is CC(c1cc2ccccc2o1)N(C)C(=O)C1(C)Cc2ccccc2C(=O)O1. The smallest absolute Gasteiger partial charge is 0.339 e. The number of hydrogen-bond acceptors (Lipinski definition) is 4. The average Bonchev–Trinajstić information content (AvgIpc) is 3.10. The van der Waals surface area contributed by atoms with Crippen LogP contribution in [0.4, 0.5) is 0 Å². The lowest BCUT2D eigenvalue weighted by atomic mass is 9.88. The minimum atomic E-state index is -1.24. The molecule has 0 bridgehead atoms. The second kappa shape index (κ2) is 6.27. The van der Waals surface area contributed by atoms with Crippen molar-refractivity contribution in [1.82, 2.24) is 4.90 Å². The first-order chi connectivity index (χ1) is 12.9. The maximum Gasteiger partial charge on any atom is 0.339 e. The molecule has 2 unspecified atom stereocenters. The van der Waals surface area contributed by atoms with Crippen molar-refractivity contribution in [3.05, 3.63) is 71.5 Å². The maximum absolute atomic E-state index is 13.2. The molecule has 138 valence electrons. The van der Waals surface area contributed by atoms with Crippen LogP contribution in [0.2, 0.25) is 0 Å². The molecule has 0 fully saturated rings. The van der Waals surface area contributed by atoms with Gasteiger partial charge in [-0.25, -0.2) is 4.79 Å². The highest BCUT2D eigenvalue weighted by atomic mass is 16.6. The summed E-state index contributed by atoms with van der Waals surface area (Å²) in [6.45, 7) is 3.57. The predicted octanol–water partition coefficient (Wildman–Crippen LogP) is 4.12. The summed E-state index contributed by atoms with van der Waals surface area (Å²) in [5.41, 5.74) is 0.898. The number of carbonyl (C=O) groups is 2. The Balaban J connectivity index is 1.60. The Morgan fingerprint density at radius 2 is 1.85 bits per heavy atom. The molecule has 5 heteroatoms. The normalized spacial score (nSPS) is 20.0. The van der Waals surface area contributed by atoms with E-state index < -0.39 is 11.6 Å². The van der Waals surface area contributed by atoms with Crippen LogP contribution in [0.3, 0.4) is 0 Å².